The predicted molar refractivity (Wildman–Crippen MR) is 88.1 cm³/mol. The molecule has 0 aromatic carbocycles. The first kappa shape index (κ1) is 20.9. The zero-order chi connectivity index (χ0) is 16.6. The molecule has 0 unspecified atom stereocenters. The van der Waals surface area contributed by atoms with Crippen molar-refractivity contribution in [1.82, 2.24) is 0 Å². The maximum atomic E-state index is 11.9. The Morgan fingerprint density at radius 2 is 1.05 bits per heavy atom. The fourth-order valence-electron chi connectivity index (χ4n) is 2.11. The minimum Gasteiger partial charge on any atom is -0.396 e. The molecule has 0 atom stereocenters. The van der Waals surface area contributed by atoms with Gasteiger partial charge in [-0.15, -0.1) is 0 Å². The molecule has 21 heavy (non-hydrogen) atoms. The molecule has 0 spiro atoms. The van der Waals surface area contributed by atoms with Gasteiger partial charge in [-0.2, -0.15) is 0 Å². The molecule has 0 bridgehead atoms. The van der Waals surface area contributed by atoms with Gasteiger partial charge in [0.15, 0.2) is 0 Å². The van der Waals surface area contributed by atoms with Crippen LogP contribution in [0.25, 0.3) is 0 Å². The fraction of sp³-hybridized carbons (Fsp3) is 1.00. The van der Waals surface area contributed by atoms with Crippen LogP contribution >= 0.6 is 0 Å². The van der Waals surface area contributed by atoms with Crippen molar-refractivity contribution in [1.29, 1.82) is 0 Å². The normalized spacial score (nSPS) is 13.6. The summed E-state index contributed by atoms with van der Waals surface area (Å²) in [6.07, 6.45) is 4.73. The summed E-state index contributed by atoms with van der Waals surface area (Å²) in [7, 11) is -2.96. The molecule has 4 nitrogen and oxygen atoms in total. The van der Waals surface area contributed by atoms with Gasteiger partial charge in [-0.1, -0.05) is 40.5 Å². The summed E-state index contributed by atoms with van der Waals surface area (Å²) in [4.78, 5) is 0. The molecule has 0 aliphatic heterocycles. The predicted octanol–water partition coefficient (Wildman–Crippen LogP) is 2.78. The first-order valence-electron chi connectivity index (χ1n) is 7.96. The zero-order valence-electron chi connectivity index (χ0n) is 14.2. The quantitative estimate of drug-likeness (QED) is 0.542. The van der Waals surface area contributed by atoms with E-state index in [1.54, 1.807) is 0 Å². The van der Waals surface area contributed by atoms with E-state index in [0.717, 1.165) is 25.7 Å². The lowest BCUT2D eigenvalue weighted by atomic mass is 9.88. The highest BCUT2D eigenvalue weighted by Crippen LogP contribution is 2.23. The number of hydrogen-bond donors (Lipinski definition) is 2. The largest absolute Gasteiger partial charge is 0.396 e. The number of rotatable bonds is 12. The van der Waals surface area contributed by atoms with Gasteiger partial charge in [0.25, 0.3) is 0 Å². The Labute approximate surface area is 130 Å². The number of aliphatic hydroxyl groups is 2. The van der Waals surface area contributed by atoms with E-state index in [1.165, 1.54) is 0 Å². The number of sulfone groups is 1. The van der Waals surface area contributed by atoms with Gasteiger partial charge in [0.05, 0.1) is 11.5 Å². The maximum Gasteiger partial charge on any atom is 0.150 e. The molecule has 2 N–H and O–H groups in total. The van der Waals surface area contributed by atoms with Crippen molar-refractivity contribution < 1.29 is 18.6 Å². The number of hydrogen-bond acceptors (Lipinski definition) is 4. The summed E-state index contributed by atoms with van der Waals surface area (Å²) in [6.45, 7) is 8.24. The van der Waals surface area contributed by atoms with Crippen LogP contribution in [0.1, 0.15) is 66.2 Å². The third-order valence-corrected chi connectivity index (χ3v) is 5.80. The summed E-state index contributed by atoms with van der Waals surface area (Å²) in [5, 5.41) is 18.3. The molecule has 0 aromatic heterocycles. The molecule has 0 saturated carbocycles. The smallest absolute Gasteiger partial charge is 0.150 e. The molecule has 0 fully saturated rings. The van der Waals surface area contributed by atoms with Crippen LogP contribution in [0.3, 0.4) is 0 Å². The second-order valence-electron chi connectivity index (χ2n) is 7.71. The zero-order valence-corrected chi connectivity index (χ0v) is 15.0. The Balaban J connectivity index is 3.85. The SMILES string of the molecule is CC(C)(CO)CCCCS(=O)(=O)CCCCC(C)(C)CO. The van der Waals surface area contributed by atoms with Gasteiger partial charge in [-0.3, -0.25) is 0 Å². The molecule has 128 valence electrons. The van der Waals surface area contributed by atoms with Crippen molar-refractivity contribution in [2.24, 2.45) is 10.8 Å². The monoisotopic (exact) mass is 322 g/mol. The third-order valence-electron chi connectivity index (χ3n) is 3.97. The summed E-state index contributed by atoms with van der Waals surface area (Å²) in [5.74, 6) is 0.496. The molecule has 0 saturated heterocycles. The van der Waals surface area contributed by atoms with E-state index in [4.69, 9.17) is 10.2 Å². The second-order valence-corrected chi connectivity index (χ2v) is 10.0. The Bertz CT molecular complexity index is 342. The molecule has 0 aromatic rings. The number of aliphatic hydroxyl groups excluding tert-OH is 2. The van der Waals surface area contributed by atoms with E-state index in [0.29, 0.717) is 12.8 Å². The standard InChI is InChI=1S/C16H34O4S/c1-15(2,13-17)9-5-7-11-21(19,20)12-8-6-10-16(3,4)14-18/h17-18H,5-14H2,1-4H3. The molecule has 0 rings (SSSR count). The average Bonchev–Trinajstić information content (AvgIpc) is 2.40. The van der Waals surface area contributed by atoms with Crippen LogP contribution in [-0.4, -0.2) is 43.4 Å². The molecule has 0 radical (unpaired) electrons. The van der Waals surface area contributed by atoms with E-state index in [1.807, 2.05) is 27.7 Å². The summed E-state index contributed by atoms with van der Waals surface area (Å²) < 4.78 is 23.8. The molecule has 0 amide bonds. The maximum absolute atomic E-state index is 11.9. The van der Waals surface area contributed by atoms with E-state index < -0.39 is 9.84 Å². The molecular weight excluding hydrogens is 288 g/mol. The highest BCUT2D eigenvalue weighted by molar-refractivity contribution is 7.91. The van der Waals surface area contributed by atoms with Crippen LogP contribution in [0.4, 0.5) is 0 Å². The van der Waals surface area contributed by atoms with Crippen LogP contribution in [0, 0.1) is 10.8 Å². The van der Waals surface area contributed by atoms with Crippen LogP contribution in [0.2, 0.25) is 0 Å². The summed E-state index contributed by atoms with van der Waals surface area (Å²) in [6, 6.07) is 0. The van der Waals surface area contributed by atoms with Crippen molar-refractivity contribution in [3.8, 4) is 0 Å². The van der Waals surface area contributed by atoms with Crippen molar-refractivity contribution >= 4 is 9.84 Å². The van der Waals surface area contributed by atoms with Gasteiger partial charge in [-0.05, 0) is 36.5 Å². The van der Waals surface area contributed by atoms with Crippen LogP contribution < -0.4 is 0 Å². The highest BCUT2D eigenvalue weighted by Gasteiger charge is 2.18. The third kappa shape index (κ3) is 11.1. The van der Waals surface area contributed by atoms with Crippen molar-refractivity contribution in [3.63, 3.8) is 0 Å². The average molecular weight is 323 g/mol. The number of unbranched alkanes of at least 4 members (excludes halogenated alkanes) is 2. The van der Waals surface area contributed by atoms with Gasteiger partial charge in [0, 0.05) is 13.2 Å². The highest BCUT2D eigenvalue weighted by atomic mass is 32.2. The van der Waals surface area contributed by atoms with E-state index >= 15 is 0 Å². The lowest BCUT2D eigenvalue weighted by Gasteiger charge is -2.21. The van der Waals surface area contributed by atoms with Gasteiger partial charge >= 0.3 is 0 Å². The molecule has 0 aliphatic rings. The van der Waals surface area contributed by atoms with E-state index in [-0.39, 0.29) is 35.5 Å². The van der Waals surface area contributed by atoms with Crippen LogP contribution in [-0.2, 0) is 9.84 Å². The first-order chi connectivity index (χ1) is 9.54. The van der Waals surface area contributed by atoms with Crippen molar-refractivity contribution in [2.75, 3.05) is 24.7 Å². The lowest BCUT2D eigenvalue weighted by Crippen LogP contribution is -2.18. The van der Waals surface area contributed by atoms with Gasteiger partial charge in [0.2, 0.25) is 0 Å². The topological polar surface area (TPSA) is 74.6 Å². The van der Waals surface area contributed by atoms with Crippen LogP contribution in [0.5, 0.6) is 0 Å². The lowest BCUT2D eigenvalue weighted by molar-refractivity contribution is 0.147. The van der Waals surface area contributed by atoms with Crippen molar-refractivity contribution in [3.05, 3.63) is 0 Å². The summed E-state index contributed by atoms with van der Waals surface area (Å²) >= 11 is 0. The fourth-order valence-corrected chi connectivity index (χ4v) is 3.60. The Morgan fingerprint density at radius 3 is 1.33 bits per heavy atom. The minimum atomic E-state index is -2.96. The van der Waals surface area contributed by atoms with E-state index in [9.17, 15) is 8.42 Å². The van der Waals surface area contributed by atoms with Crippen LogP contribution in [0.15, 0.2) is 0 Å². The Morgan fingerprint density at radius 1 is 0.714 bits per heavy atom. The molecule has 5 heteroatoms. The van der Waals surface area contributed by atoms with Gasteiger partial charge < -0.3 is 10.2 Å². The van der Waals surface area contributed by atoms with Crippen molar-refractivity contribution in [2.45, 2.75) is 66.2 Å². The van der Waals surface area contributed by atoms with E-state index in [2.05, 4.69) is 0 Å². The summed E-state index contributed by atoms with van der Waals surface area (Å²) in [5.41, 5.74) is -0.223. The van der Waals surface area contributed by atoms with Gasteiger partial charge in [-0.25, -0.2) is 8.42 Å². The van der Waals surface area contributed by atoms with Gasteiger partial charge in [0.1, 0.15) is 9.84 Å². The first-order valence-corrected chi connectivity index (χ1v) is 9.78. The molecular formula is C16H34O4S. The molecule has 0 heterocycles. The Kier molecular flexibility index (Phi) is 9.05. The second kappa shape index (κ2) is 9.11. The Hall–Kier alpha value is -0.130. The minimum absolute atomic E-state index is 0.111. The molecule has 0 aliphatic carbocycles.